The van der Waals surface area contributed by atoms with Gasteiger partial charge in [0.05, 0.1) is 4.92 Å². The Labute approximate surface area is 145 Å². The second-order valence-corrected chi connectivity index (χ2v) is 7.67. The highest BCUT2D eigenvalue weighted by atomic mass is 32.2. The number of aromatic amines is 1. The number of aromatic nitrogens is 3. The quantitative estimate of drug-likeness (QED) is 0.446. The molecule has 0 spiro atoms. The van der Waals surface area contributed by atoms with Gasteiger partial charge >= 0.3 is 0 Å². The molecule has 128 valence electrons. The van der Waals surface area contributed by atoms with Gasteiger partial charge < -0.3 is 0 Å². The van der Waals surface area contributed by atoms with Crippen molar-refractivity contribution >= 4 is 17.4 Å². The van der Waals surface area contributed by atoms with Crippen molar-refractivity contribution in [2.75, 3.05) is 0 Å². The summed E-state index contributed by atoms with van der Waals surface area (Å²) in [6.45, 7) is 2.01. The fourth-order valence-electron chi connectivity index (χ4n) is 3.20. The molecule has 0 amide bonds. The molecule has 0 radical (unpaired) electrons. The SMILES string of the molecule is CC(Sc1n[nH]c(CCC2CCCC2)n1)c1cccc([N+](=O)[O-])c1. The molecule has 24 heavy (non-hydrogen) atoms. The van der Waals surface area contributed by atoms with Gasteiger partial charge in [0.2, 0.25) is 5.16 Å². The highest BCUT2D eigenvalue weighted by molar-refractivity contribution is 7.99. The van der Waals surface area contributed by atoms with Crippen LogP contribution in [0.25, 0.3) is 0 Å². The first-order valence-corrected chi connectivity index (χ1v) is 9.32. The van der Waals surface area contributed by atoms with E-state index >= 15 is 0 Å². The summed E-state index contributed by atoms with van der Waals surface area (Å²) in [5.74, 6) is 1.78. The number of nitro benzene ring substituents is 1. The molecule has 1 aliphatic carbocycles. The molecule has 2 aromatic rings. The number of nitrogens with zero attached hydrogens (tertiary/aromatic N) is 3. The van der Waals surface area contributed by atoms with Gasteiger partial charge in [0.25, 0.3) is 5.69 Å². The molecule has 1 fully saturated rings. The average Bonchev–Trinajstić information content (AvgIpc) is 3.24. The summed E-state index contributed by atoms with van der Waals surface area (Å²) < 4.78 is 0. The van der Waals surface area contributed by atoms with Crippen LogP contribution in [0, 0.1) is 16.0 Å². The zero-order valence-electron chi connectivity index (χ0n) is 13.8. The third-order valence-electron chi connectivity index (χ3n) is 4.61. The van der Waals surface area contributed by atoms with Gasteiger partial charge in [-0.25, -0.2) is 4.98 Å². The lowest BCUT2D eigenvalue weighted by Crippen LogP contribution is -1.97. The second kappa shape index (κ2) is 7.79. The standard InChI is InChI=1S/C17H22N4O2S/c1-12(14-7-4-8-15(11-14)21(22)23)24-17-18-16(19-20-17)10-9-13-5-2-3-6-13/h4,7-8,11-13H,2-3,5-6,9-10H2,1H3,(H,18,19,20). The number of benzene rings is 1. The molecule has 6 nitrogen and oxygen atoms in total. The smallest absolute Gasteiger partial charge is 0.262 e. The maximum Gasteiger partial charge on any atom is 0.269 e. The Kier molecular flexibility index (Phi) is 5.50. The van der Waals surface area contributed by atoms with Gasteiger partial charge in [0.15, 0.2) is 0 Å². The number of aryl methyl sites for hydroxylation is 1. The van der Waals surface area contributed by atoms with Crippen LogP contribution < -0.4 is 0 Å². The maximum absolute atomic E-state index is 10.9. The summed E-state index contributed by atoms with van der Waals surface area (Å²) in [7, 11) is 0. The van der Waals surface area contributed by atoms with Gasteiger partial charge in [-0.1, -0.05) is 49.6 Å². The Morgan fingerprint density at radius 2 is 2.21 bits per heavy atom. The van der Waals surface area contributed by atoms with E-state index in [1.54, 1.807) is 12.1 Å². The number of rotatable bonds is 7. The van der Waals surface area contributed by atoms with Crippen molar-refractivity contribution in [1.82, 2.24) is 15.2 Å². The number of hydrogen-bond acceptors (Lipinski definition) is 5. The minimum atomic E-state index is -0.366. The van der Waals surface area contributed by atoms with Crippen LogP contribution in [0.4, 0.5) is 5.69 Å². The molecule has 1 heterocycles. The maximum atomic E-state index is 10.9. The van der Waals surface area contributed by atoms with Crippen LogP contribution in [0.15, 0.2) is 29.4 Å². The van der Waals surface area contributed by atoms with Crippen molar-refractivity contribution in [1.29, 1.82) is 0 Å². The van der Waals surface area contributed by atoms with E-state index in [1.165, 1.54) is 49.9 Å². The molecule has 0 bridgehead atoms. The normalized spacial score (nSPS) is 16.4. The van der Waals surface area contributed by atoms with Gasteiger partial charge in [0.1, 0.15) is 5.82 Å². The topological polar surface area (TPSA) is 84.7 Å². The van der Waals surface area contributed by atoms with E-state index in [-0.39, 0.29) is 15.9 Å². The van der Waals surface area contributed by atoms with Gasteiger partial charge in [-0.15, -0.1) is 5.10 Å². The lowest BCUT2D eigenvalue weighted by molar-refractivity contribution is -0.384. The molecule has 1 aromatic heterocycles. The molecule has 1 atom stereocenters. The third kappa shape index (κ3) is 4.35. The first kappa shape index (κ1) is 17.0. The van der Waals surface area contributed by atoms with Crippen molar-refractivity contribution in [3.05, 3.63) is 45.8 Å². The first-order chi connectivity index (χ1) is 11.6. The lowest BCUT2D eigenvalue weighted by atomic mass is 10.0. The van der Waals surface area contributed by atoms with Crippen molar-refractivity contribution in [2.45, 2.75) is 55.9 Å². The molecule has 0 saturated heterocycles. The number of nitro groups is 1. The summed E-state index contributed by atoms with van der Waals surface area (Å²) in [4.78, 5) is 15.1. The number of hydrogen-bond donors (Lipinski definition) is 1. The van der Waals surface area contributed by atoms with E-state index in [0.29, 0.717) is 5.16 Å². The van der Waals surface area contributed by atoms with Gasteiger partial charge in [0, 0.05) is 23.8 Å². The van der Waals surface area contributed by atoms with Crippen LogP contribution in [0.5, 0.6) is 0 Å². The molecule has 7 heteroatoms. The van der Waals surface area contributed by atoms with Crippen molar-refractivity contribution < 1.29 is 4.92 Å². The van der Waals surface area contributed by atoms with E-state index in [4.69, 9.17) is 0 Å². The molecule has 1 N–H and O–H groups in total. The van der Waals surface area contributed by atoms with E-state index in [0.717, 1.165) is 23.7 Å². The van der Waals surface area contributed by atoms with Gasteiger partial charge in [-0.3, -0.25) is 15.2 Å². The molecule has 0 aliphatic heterocycles. The predicted molar refractivity (Wildman–Crippen MR) is 94.0 cm³/mol. The van der Waals surface area contributed by atoms with Gasteiger partial charge in [-0.2, -0.15) is 0 Å². The van der Waals surface area contributed by atoms with Crippen molar-refractivity contribution in [3.63, 3.8) is 0 Å². The summed E-state index contributed by atoms with van der Waals surface area (Å²) in [5, 5.41) is 19.0. The molecule has 1 aromatic carbocycles. The van der Waals surface area contributed by atoms with Crippen molar-refractivity contribution in [2.24, 2.45) is 5.92 Å². The van der Waals surface area contributed by atoms with Crippen molar-refractivity contribution in [3.8, 4) is 0 Å². The average molecular weight is 346 g/mol. The lowest BCUT2D eigenvalue weighted by Gasteiger charge is -2.08. The van der Waals surface area contributed by atoms with E-state index < -0.39 is 0 Å². The Balaban J connectivity index is 1.57. The number of non-ortho nitro benzene ring substituents is 1. The summed E-state index contributed by atoms with van der Waals surface area (Å²) >= 11 is 1.52. The number of thioether (sulfide) groups is 1. The minimum Gasteiger partial charge on any atom is -0.262 e. The molecule has 1 unspecified atom stereocenters. The fourth-order valence-corrected chi connectivity index (χ4v) is 4.06. The zero-order chi connectivity index (χ0) is 16.9. The molecular formula is C17H22N4O2S. The minimum absolute atomic E-state index is 0.0587. The molecule has 1 saturated carbocycles. The van der Waals surface area contributed by atoms with Crippen LogP contribution in [0.1, 0.15) is 55.7 Å². The second-order valence-electron chi connectivity index (χ2n) is 6.37. The molecule has 3 rings (SSSR count). The predicted octanol–water partition coefficient (Wildman–Crippen LogP) is 4.69. The molecular weight excluding hydrogens is 324 g/mol. The summed E-state index contributed by atoms with van der Waals surface area (Å²) in [6.07, 6.45) is 7.55. The highest BCUT2D eigenvalue weighted by Gasteiger charge is 2.17. The zero-order valence-corrected chi connectivity index (χ0v) is 14.6. The Hall–Kier alpha value is -1.89. The van der Waals surface area contributed by atoms with Crippen LogP contribution in [-0.2, 0) is 6.42 Å². The monoisotopic (exact) mass is 346 g/mol. The fraction of sp³-hybridized carbons (Fsp3) is 0.529. The van der Waals surface area contributed by atoms with Crippen LogP contribution >= 0.6 is 11.8 Å². The number of nitrogens with one attached hydrogen (secondary N) is 1. The van der Waals surface area contributed by atoms with E-state index in [2.05, 4.69) is 15.2 Å². The van der Waals surface area contributed by atoms with Crippen LogP contribution in [0.3, 0.4) is 0 Å². The van der Waals surface area contributed by atoms with Crippen LogP contribution in [0.2, 0.25) is 0 Å². The highest BCUT2D eigenvalue weighted by Crippen LogP contribution is 2.34. The largest absolute Gasteiger partial charge is 0.269 e. The first-order valence-electron chi connectivity index (χ1n) is 8.44. The Morgan fingerprint density at radius 3 is 2.96 bits per heavy atom. The van der Waals surface area contributed by atoms with Gasteiger partial charge in [-0.05, 0) is 24.8 Å². The third-order valence-corrected chi connectivity index (χ3v) is 5.63. The van der Waals surface area contributed by atoms with E-state index in [9.17, 15) is 10.1 Å². The Bertz CT molecular complexity index is 697. The Morgan fingerprint density at radius 1 is 1.42 bits per heavy atom. The summed E-state index contributed by atoms with van der Waals surface area (Å²) in [5.41, 5.74) is 1.03. The molecule has 1 aliphatic rings. The number of H-pyrrole nitrogens is 1. The summed E-state index contributed by atoms with van der Waals surface area (Å²) in [6, 6.07) is 6.74. The van der Waals surface area contributed by atoms with Crippen LogP contribution in [-0.4, -0.2) is 20.1 Å². The van der Waals surface area contributed by atoms with E-state index in [1.807, 2.05) is 13.0 Å².